The number of carboxylic acids is 1. The van der Waals surface area contributed by atoms with Gasteiger partial charge in [0.25, 0.3) is 0 Å². The smallest absolute Gasteiger partial charge is 0.317 e. The number of carboxylic acid groups (broad SMARTS) is 1. The minimum atomic E-state index is -0.805. The van der Waals surface area contributed by atoms with Crippen molar-refractivity contribution in [3.8, 4) is 0 Å². The fourth-order valence-corrected chi connectivity index (χ4v) is 3.98. The van der Waals surface area contributed by atoms with Crippen LogP contribution >= 0.6 is 23.4 Å². The topological polar surface area (TPSA) is 69.6 Å². The summed E-state index contributed by atoms with van der Waals surface area (Å²) in [5, 5.41) is 12.6. The van der Waals surface area contributed by atoms with Gasteiger partial charge in [-0.2, -0.15) is 0 Å². The lowest BCUT2D eigenvalue weighted by atomic mass is 9.85. The molecule has 0 bridgehead atoms. The van der Waals surface area contributed by atoms with Gasteiger partial charge in [0, 0.05) is 29.2 Å². The van der Waals surface area contributed by atoms with Gasteiger partial charge < -0.3 is 10.4 Å². The van der Waals surface area contributed by atoms with Gasteiger partial charge in [-0.25, -0.2) is 0 Å². The summed E-state index contributed by atoms with van der Waals surface area (Å²) in [6.07, 6.45) is 2.10. The van der Waals surface area contributed by atoms with Crippen LogP contribution in [0.2, 0.25) is 5.02 Å². The molecule has 1 aliphatic rings. The Morgan fingerprint density at radius 3 is 2.71 bits per heavy atom. The van der Waals surface area contributed by atoms with Crippen LogP contribution in [0.1, 0.15) is 26.2 Å². The molecule has 0 spiro atoms. The summed E-state index contributed by atoms with van der Waals surface area (Å²) in [5.41, 5.74) is 0. The van der Waals surface area contributed by atoms with Gasteiger partial charge in [0.05, 0.1) is 11.6 Å². The molecule has 0 radical (unpaired) electrons. The number of carbonyl (C=O) groups excluding carboxylic acids is 1. The van der Waals surface area contributed by atoms with Crippen LogP contribution in [-0.2, 0) is 9.59 Å². The van der Waals surface area contributed by atoms with Gasteiger partial charge in [0.15, 0.2) is 0 Å². The molecular weight excluding hydrogens is 348 g/mol. The fourth-order valence-electron chi connectivity index (χ4n) is 2.79. The number of benzene rings is 1. The van der Waals surface area contributed by atoms with E-state index >= 15 is 0 Å². The van der Waals surface area contributed by atoms with Gasteiger partial charge >= 0.3 is 5.97 Å². The second-order valence-electron chi connectivity index (χ2n) is 5.88. The molecular formula is C17H23ClN2O3S. The van der Waals surface area contributed by atoms with Crippen molar-refractivity contribution in [1.29, 1.82) is 0 Å². The van der Waals surface area contributed by atoms with Crippen LogP contribution in [0.15, 0.2) is 29.2 Å². The molecule has 2 rings (SSSR count). The standard InChI is InChI=1S/C17H23ClN2O3S/c1-2-20(11-17(22)23)13-9-12(10-13)19-16(21)7-8-24-15-6-4-3-5-14(15)18/h3-6,12-13H,2,7-11H2,1H3,(H,19,21)(H,22,23). The Bertz CT molecular complexity index is 579. The van der Waals surface area contributed by atoms with Crippen molar-refractivity contribution in [3.05, 3.63) is 29.3 Å². The number of carbonyl (C=O) groups is 2. The molecule has 0 atom stereocenters. The number of rotatable bonds is 9. The van der Waals surface area contributed by atoms with Crippen LogP contribution in [0.25, 0.3) is 0 Å². The lowest BCUT2D eigenvalue weighted by Crippen LogP contribution is -2.54. The maximum atomic E-state index is 12.0. The number of aliphatic carboxylic acids is 1. The van der Waals surface area contributed by atoms with E-state index < -0.39 is 5.97 Å². The SMILES string of the molecule is CCN(CC(=O)O)C1CC(NC(=O)CCSc2ccccc2Cl)C1. The molecule has 1 aromatic carbocycles. The van der Waals surface area contributed by atoms with E-state index in [9.17, 15) is 9.59 Å². The maximum Gasteiger partial charge on any atom is 0.317 e. The molecule has 0 unspecified atom stereocenters. The number of thioether (sulfide) groups is 1. The Morgan fingerprint density at radius 1 is 1.38 bits per heavy atom. The number of likely N-dealkylation sites (N-methyl/N-ethyl adjacent to an activating group) is 1. The van der Waals surface area contributed by atoms with Crippen molar-refractivity contribution in [1.82, 2.24) is 10.2 Å². The van der Waals surface area contributed by atoms with Crippen LogP contribution in [0.5, 0.6) is 0 Å². The first-order valence-corrected chi connectivity index (χ1v) is 9.48. The highest BCUT2D eigenvalue weighted by atomic mass is 35.5. The third-order valence-corrected chi connectivity index (χ3v) is 5.68. The van der Waals surface area contributed by atoms with Gasteiger partial charge in [-0.15, -0.1) is 11.8 Å². The van der Waals surface area contributed by atoms with Gasteiger partial charge in [0.1, 0.15) is 0 Å². The minimum Gasteiger partial charge on any atom is -0.480 e. The van der Waals surface area contributed by atoms with E-state index in [2.05, 4.69) is 5.32 Å². The highest BCUT2D eigenvalue weighted by molar-refractivity contribution is 7.99. The average Bonchev–Trinajstić information content (AvgIpc) is 2.50. The molecule has 24 heavy (non-hydrogen) atoms. The van der Waals surface area contributed by atoms with Crippen molar-refractivity contribution in [2.45, 2.75) is 43.2 Å². The number of nitrogens with zero attached hydrogens (tertiary/aromatic N) is 1. The van der Waals surface area contributed by atoms with Crippen LogP contribution in [0, 0.1) is 0 Å². The Balaban J connectivity index is 1.64. The van der Waals surface area contributed by atoms with E-state index in [1.165, 1.54) is 0 Å². The third kappa shape index (κ3) is 5.69. The Hall–Kier alpha value is -1.24. The third-order valence-electron chi connectivity index (χ3n) is 4.16. The number of hydrogen-bond donors (Lipinski definition) is 2. The molecule has 1 saturated carbocycles. The molecule has 1 aliphatic carbocycles. The molecule has 1 aromatic rings. The highest BCUT2D eigenvalue weighted by Gasteiger charge is 2.34. The predicted molar refractivity (Wildman–Crippen MR) is 96.6 cm³/mol. The van der Waals surface area contributed by atoms with Crippen molar-refractivity contribution < 1.29 is 14.7 Å². The Kier molecular flexibility index (Phi) is 7.40. The second kappa shape index (κ2) is 9.30. The average molecular weight is 371 g/mol. The second-order valence-corrected chi connectivity index (χ2v) is 7.42. The molecule has 2 N–H and O–H groups in total. The molecule has 0 aliphatic heterocycles. The van der Waals surface area contributed by atoms with E-state index in [0.717, 1.165) is 17.7 Å². The van der Waals surface area contributed by atoms with Gasteiger partial charge in [-0.1, -0.05) is 30.7 Å². The van der Waals surface area contributed by atoms with E-state index in [-0.39, 0.29) is 24.5 Å². The van der Waals surface area contributed by atoms with E-state index in [1.54, 1.807) is 11.8 Å². The molecule has 1 fully saturated rings. The van der Waals surface area contributed by atoms with Crippen LogP contribution in [-0.4, -0.2) is 52.8 Å². The minimum absolute atomic E-state index is 0.0410. The highest BCUT2D eigenvalue weighted by Crippen LogP contribution is 2.28. The monoisotopic (exact) mass is 370 g/mol. The summed E-state index contributed by atoms with van der Waals surface area (Å²) in [7, 11) is 0. The first kappa shape index (κ1) is 19.1. The maximum absolute atomic E-state index is 12.0. The normalized spacial score (nSPS) is 19.8. The van der Waals surface area contributed by atoms with Gasteiger partial charge in [0.2, 0.25) is 5.91 Å². The Morgan fingerprint density at radius 2 is 2.08 bits per heavy atom. The molecule has 0 aromatic heterocycles. The fraction of sp³-hybridized carbons (Fsp3) is 0.529. The summed E-state index contributed by atoms with van der Waals surface area (Å²) >= 11 is 7.66. The van der Waals surface area contributed by atoms with Crippen molar-refractivity contribution in [2.24, 2.45) is 0 Å². The quantitative estimate of drug-likeness (QED) is 0.654. The van der Waals surface area contributed by atoms with Crippen molar-refractivity contribution in [2.75, 3.05) is 18.8 Å². The van der Waals surface area contributed by atoms with E-state index in [4.69, 9.17) is 16.7 Å². The number of halogens is 1. The molecule has 5 nitrogen and oxygen atoms in total. The zero-order chi connectivity index (χ0) is 17.5. The molecule has 0 heterocycles. The molecule has 132 valence electrons. The zero-order valence-corrected chi connectivity index (χ0v) is 15.3. The van der Waals surface area contributed by atoms with E-state index in [1.807, 2.05) is 36.1 Å². The summed E-state index contributed by atoms with van der Waals surface area (Å²) in [4.78, 5) is 25.7. The predicted octanol–water partition coefficient (Wildman–Crippen LogP) is 2.88. The summed E-state index contributed by atoms with van der Waals surface area (Å²) < 4.78 is 0. The van der Waals surface area contributed by atoms with E-state index in [0.29, 0.717) is 23.7 Å². The number of amides is 1. The summed E-state index contributed by atoms with van der Waals surface area (Å²) in [6, 6.07) is 8.03. The van der Waals surface area contributed by atoms with Gasteiger partial charge in [-0.3, -0.25) is 14.5 Å². The summed E-state index contributed by atoms with van der Waals surface area (Å²) in [5.74, 6) is -0.0774. The van der Waals surface area contributed by atoms with Crippen molar-refractivity contribution >= 4 is 35.2 Å². The Labute approximate surface area is 151 Å². The van der Waals surface area contributed by atoms with Crippen LogP contribution < -0.4 is 5.32 Å². The van der Waals surface area contributed by atoms with Crippen molar-refractivity contribution in [3.63, 3.8) is 0 Å². The molecule has 7 heteroatoms. The molecule has 1 amide bonds. The number of hydrogen-bond acceptors (Lipinski definition) is 4. The first-order chi connectivity index (χ1) is 11.5. The summed E-state index contributed by atoms with van der Waals surface area (Å²) in [6.45, 7) is 2.74. The van der Waals surface area contributed by atoms with Crippen LogP contribution in [0.3, 0.4) is 0 Å². The largest absolute Gasteiger partial charge is 0.480 e. The first-order valence-electron chi connectivity index (χ1n) is 8.12. The van der Waals surface area contributed by atoms with Gasteiger partial charge in [-0.05, 0) is 31.5 Å². The number of nitrogens with one attached hydrogen (secondary N) is 1. The molecule has 0 saturated heterocycles. The zero-order valence-electron chi connectivity index (χ0n) is 13.7. The lowest BCUT2D eigenvalue weighted by Gasteiger charge is -2.42. The lowest BCUT2D eigenvalue weighted by molar-refractivity contribution is -0.139. The van der Waals surface area contributed by atoms with Crippen LogP contribution in [0.4, 0.5) is 0 Å².